The summed E-state index contributed by atoms with van der Waals surface area (Å²) in [5.74, 6) is 0. The van der Waals surface area contributed by atoms with E-state index in [0.717, 1.165) is 19.3 Å². The van der Waals surface area contributed by atoms with Crippen molar-refractivity contribution in [2.45, 2.75) is 64.0 Å². The van der Waals surface area contributed by atoms with Gasteiger partial charge < -0.3 is 10.4 Å². The molecule has 0 heterocycles. The van der Waals surface area contributed by atoms with Gasteiger partial charge in [-0.25, -0.2) is 10.3 Å². The maximum atomic E-state index is 11.6. The van der Waals surface area contributed by atoms with Crippen molar-refractivity contribution < 1.29 is 14.7 Å². The van der Waals surface area contributed by atoms with Gasteiger partial charge in [0.1, 0.15) is 0 Å². The van der Waals surface area contributed by atoms with Crippen LogP contribution in [0.5, 0.6) is 0 Å². The first-order chi connectivity index (χ1) is 8.09. The van der Waals surface area contributed by atoms with Gasteiger partial charge in [0.2, 0.25) is 0 Å². The van der Waals surface area contributed by atoms with E-state index in [1.165, 1.54) is 12.8 Å². The van der Waals surface area contributed by atoms with Crippen LogP contribution in [0.2, 0.25) is 0 Å². The van der Waals surface area contributed by atoms with Crippen molar-refractivity contribution in [1.29, 1.82) is 0 Å². The standard InChI is InChI=1S/C12H24N2O3/c1-3-12(2,8-9-15)13-11(16)14-17-10-6-4-5-7-10/h10,15H,3-9H2,1-2H3,(H2,13,14,16). The molecule has 1 atom stereocenters. The second-order valence-electron chi connectivity index (χ2n) is 4.97. The maximum Gasteiger partial charge on any atom is 0.339 e. The highest BCUT2D eigenvalue weighted by atomic mass is 16.7. The summed E-state index contributed by atoms with van der Waals surface area (Å²) in [5.41, 5.74) is 2.06. The quantitative estimate of drug-likeness (QED) is 0.623. The molecule has 1 rings (SSSR count). The summed E-state index contributed by atoms with van der Waals surface area (Å²) >= 11 is 0. The molecule has 0 aromatic carbocycles. The van der Waals surface area contributed by atoms with Gasteiger partial charge >= 0.3 is 6.03 Å². The molecule has 0 aromatic rings. The number of amides is 2. The van der Waals surface area contributed by atoms with Crippen LogP contribution in [0.3, 0.4) is 0 Å². The number of hydrogen-bond donors (Lipinski definition) is 3. The highest BCUT2D eigenvalue weighted by Gasteiger charge is 2.24. The molecule has 3 N–H and O–H groups in total. The molecular weight excluding hydrogens is 220 g/mol. The minimum absolute atomic E-state index is 0.0636. The highest BCUT2D eigenvalue weighted by molar-refractivity contribution is 5.73. The lowest BCUT2D eigenvalue weighted by Crippen LogP contribution is -2.50. The van der Waals surface area contributed by atoms with Gasteiger partial charge in [0.05, 0.1) is 6.10 Å². The number of nitrogens with one attached hydrogen (secondary N) is 2. The average molecular weight is 244 g/mol. The van der Waals surface area contributed by atoms with Gasteiger partial charge in [-0.15, -0.1) is 0 Å². The molecule has 0 saturated heterocycles. The summed E-state index contributed by atoms with van der Waals surface area (Å²) in [5, 5.41) is 11.8. The average Bonchev–Trinajstić information content (AvgIpc) is 2.79. The summed E-state index contributed by atoms with van der Waals surface area (Å²) in [6.45, 7) is 3.96. The zero-order valence-electron chi connectivity index (χ0n) is 10.8. The molecular formula is C12H24N2O3. The summed E-state index contributed by atoms with van der Waals surface area (Å²) in [6.07, 6.45) is 5.84. The van der Waals surface area contributed by atoms with E-state index in [1.807, 2.05) is 13.8 Å². The Kier molecular flexibility index (Phi) is 5.71. The van der Waals surface area contributed by atoms with Crippen LogP contribution >= 0.6 is 0 Å². The second-order valence-corrected chi connectivity index (χ2v) is 4.97. The van der Waals surface area contributed by atoms with Gasteiger partial charge in [0, 0.05) is 12.1 Å². The summed E-state index contributed by atoms with van der Waals surface area (Å²) < 4.78 is 0. The van der Waals surface area contributed by atoms with Crippen molar-refractivity contribution >= 4 is 6.03 Å². The summed E-state index contributed by atoms with van der Waals surface area (Å²) in [7, 11) is 0. The van der Waals surface area contributed by atoms with Crippen LogP contribution in [0.4, 0.5) is 4.79 Å². The Balaban J connectivity index is 2.26. The number of aliphatic hydroxyl groups is 1. The molecule has 1 saturated carbocycles. The molecule has 1 aliphatic rings. The van der Waals surface area contributed by atoms with E-state index >= 15 is 0 Å². The maximum absolute atomic E-state index is 11.6. The number of aliphatic hydroxyl groups excluding tert-OH is 1. The third kappa shape index (κ3) is 4.91. The first kappa shape index (κ1) is 14.3. The highest BCUT2D eigenvalue weighted by Crippen LogP contribution is 2.20. The Labute approximate surface area is 103 Å². The number of hydroxylamine groups is 1. The van der Waals surface area contributed by atoms with Crippen LogP contribution in [0, 0.1) is 0 Å². The second kappa shape index (κ2) is 6.81. The monoisotopic (exact) mass is 244 g/mol. The molecule has 0 aliphatic heterocycles. The Hall–Kier alpha value is -0.810. The van der Waals surface area contributed by atoms with E-state index in [1.54, 1.807) is 0 Å². The fraction of sp³-hybridized carbons (Fsp3) is 0.917. The molecule has 0 aromatic heterocycles. The Morgan fingerprint density at radius 1 is 1.47 bits per heavy atom. The molecule has 2 amide bonds. The Morgan fingerprint density at radius 3 is 2.65 bits per heavy atom. The smallest absolute Gasteiger partial charge is 0.339 e. The van der Waals surface area contributed by atoms with E-state index in [4.69, 9.17) is 9.94 Å². The normalized spacial score (nSPS) is 19.9. The molecule has 100 valence electrons. The van der Waals surface area contributed by atoms with E-state index in [0.29, 0.717) is 6.42 Å². The van der Waals surface area contributed by atoms with Gasteiger partial charge in [-0.3, -0.25) is 4.84 Å². The molecule has 0 bridgehead atoms. The van der Waals surface area contributed by atoms with E-state index in [2.05, 4.69) is 10.8 Å². The lowest BCUT2D eigenvalue weighted by atomic mass is 9.95. The van der Waals surface area contributed by atoms with Gasteiger partial charge in [-0.2, -0.15) is 0 Å². The lowest BCUT2D eigenvalue weighted by Gasteiger charge is -2.29. The van der Waals surface area contributed by atoms with Crippen LogP contribution < -0.4 is 10.8 Å². The van der Waals surface area contributed by atoms with Gasteiger partial charge in [0.15, 0.2) is 0 Å². The van der Waals surface area contributed by atoms with Crippen LogP contribution in [-0.4, -0.2) is 29.4 Å². The summed E-state index contributed by atoms with van der Waals surface area (Å²) in [4.78, 5) is 16.9. The molecule has 1 unspecified atom stereocenters. The van der Waals surface area contributed by atoms with E-state index in [-0.39, 0.29) is 24.3 Å². The minimum atomic E-state index is -0.377. The van der Waals surface area contributed by atoms with Crippen LogP contribution in [-0.2, 0) is 4.84 Å². The molecule has 0 spiro atoms. The zero-order valence-corrected chi connectivity index (χ0v) is 10.8. The Morgan fingerprint density at radius 2 is 2.12 bits per heavy atom. The van der Waals surface area contributed by atoms with Gasteiger partial charge in [-0.05, 0) is 32.6 Å². The van der Waals surface area contributed by atoms with Crippen molar-refractivity contribution in [2.24, 2.45) is 0 Å². The molecule has 1 aliphatic carbocycles. The largest absolute Gasteiger partial charge is 0.396 e. The Bertz CT molecular complexity index is 242. The first-order valence-corrected chi connectivity index (χ1v) is 6.44. The van der Waals surface area contributed by atoms with Crippen molar-refractivity contribution in [3.63, 3.8) is 0 Å². The van der Waals surface area contributed by atoms with E-state index in [9.17, 15) is 4.79 Å². The predicted molar refractivity (Wildman–Crippen MR) is 65.4 cm³/mol. The lowest BCUT2D eigenvalue weighted by molar-refractivity contribution is -0.00187. The van der Waals surface area contributed by atoms with Crippen molar-refractivity contribution in [2.75, 3.05) is 6.61 Å². The van der Waals surface area contributed by atoms with Crippen molar-refractivity contribution in [3.8, 4) is 0 Å². The first-order valence-electron chi connectivity index (χ1n) is 6.44. The SMILES string of the molecule is CCC(C)(CCO)NC(=O)NOC1CCCC1. The number of carbonyl (C=O) groups is 1. The van der Waals surface area contributed by atoms with Crippen molar-refractivity contribution in [1.82, 2.24) is 10.8 Å². The third-order valence-corrected chi connectivity index (χ3v) is 3.48. The van der Waals surface area contributed by atoms with Gasteiger partial charge in [-0.1, -0.05) is 19.8 Å². The number of urea groups is 1. The van der Waals surface area contributed by atoms with Crippen molar-refractivity contribution in [3.05, 3.63) is 0 Å². The fourth-order valence-corrected chi connectivity index (χ4v) is 2.02. The number of hydrogen-bond acceptors (Lipinski definition) is 3. The topological polar surface area (TPSA) is 70.6 Å². The predicted octanol–water partition coefficient (Wildman–Crippen LogP) is 1.71. The fourth-order valence-electron chi connectivity index (χ4n) is 2.02. The molecule has 5 heteroatoms. The van der Waals surface area contributed by atoms with Gasteiger partial charge in [0.25, 0.3) is 0 Å². The van der Waals surface area contributed by atoms with Crippen LogP contribution in [0.15, 0.2) is 0 Å². The number of rotatable bonds is 6. The van der Waals surface area contributed by atoms with Crippen LogP contribution in [0.1, 0.15) is 52.4 Å². The third-order valence-electron chi connectivity index (χ3n) is 3.48. The van der Waals surface area contributed by atoms with Crippen LogP contribution in [0.25, 0.3) is 0 Å². The summed E-state index contributed by atoms with van der Waals surface area (Å²) in [6, 6.07) is -0.324. The molecule has 1 fully saturated rings. The molecule has 17 heavy (non-hydrogen) atoms. The molecule has 5 nitrogen and oxygen atoms in total. The van der Waals surface area contributed by atoms with E-state index < -0.39 is 0 Å². The zero-order chi connectivity index (χ0) is 12.7. The minimum Gasteiger partial charge on any atom is -0.396 e. The molecule has 0 radical (unpaired) electrons. The number of carbonyl (C=O) groups excluding carboxylic acids is 1.